The lowest BCUT2D eigenvalue weighted by atomic mass is 9.90. The number of fused-ring (bicyclic) bond motifs is 1. The number of nitrogens with zero attached hydrogens (tertiary/aromatic N) is 4. The Labute approximate surface area is 286 Å². The van der Waals surface area contributed by atoms with Crippen molar-refractivity contribution in [2.75, 3.05) is 0 Å². The van der Waals surface area contributed by atoms with E-state index in [9.17, 15) is 5.26 Å². The molecule has 0 aliphatic heterocycles. The summed E-state index contributed by atoms with van der Waals surface area (Å²) in [5.41, 5.74) is 10.2. The molecule has 0 saturated heterocycles. The fourth-order valence-corrected chi connectivity index (χ4v) is 5.92. The summed E-state index contributed by atoms with van der Waals surface area (Å²) in [4.78, 5) is 14.1. The van der Waals surface area contributed by atoms with E-state index < -0.39 is 0 Å². The smallest absolute Gasteiger partial charge is 0.161 e. The summed E-state index contributed by atoms with van der Waals surface area (Å²) in [5.74, 6) is 1.12. The summed E-state index contributed by atoms with van der Waals surface area (Å²) in [5, 5.41) is 11.6. The van der Waals surface area contributed by atoms with Gasteiger partial charge in [-0.3, -0.25) is 4.99 Å². The topological polar surface area (TPSA) is 60.9 Å². The first-order valence-corrected chi connectivity index (χ1v) is 16.1. The van der Waals surface area contributed by atoms with Crippen LogP contribution in [0.4, 0.5) is 0 Å². The van der Waals surface area contributed by atoms with Gasteiger partial charge in [-0.2, -0.15) is 5.26 Å². The van der Waals surface area contributed by atoms with Gasteiger partial charge in [-0.05, 0) is 80.7 Å². The van der Waals surface area contributed by atoms with Crippen molar-refractivity contribution in [1.29, 1.82) is 5.26 Å². The largest absolute Gasteiger partial charge is 0.261 e. The highest BCUT2D eigenvalue weighted by Gasteiger charge is 2.13. The third-order valence-corrected chi connectivity index (χ3v) is 8.53. The van der Waals surface area contributed by atoms with Crippen LogP contribution < -0.4 is 0 Å². The fourth-order valence-electron chi connectivity index (χ4n) is 5.92. The Morgan fingerprint density at radius 2 is 0.980 bits per heavy atom. The van der Waals surface area contributed by atoms with E-state index >= 15 is 0 Å². The van der Waals surface area contributed by atoms with Gasteiger partial charge in [0.25, 0.3) is 0 Å². The van der Waals surface area contributed by atoms with Crippen LogP contribution in [0.15, 0.2) is 185 Å². The molecule has 0 fully saturated rings. The lowest BCUT2D eigenvalue weighted by Crippen LogP contribution is -2.05. The minimum Gasteiger partial charge on any atom is -0.261 e. The zero-order valence-corrected chi connectivity index (χ0v) is 26.9. The first-order valence-electron chi connectivity index (χ1n) is 16.1. The summed E-state index contributed by atoms with van der Waals surface area (Å²) in [7, 11) is 0. The molecule has 7 aromatic carbocycles. The second kappa shape index (κ2) is 14.4. The number of hydrogen-bond acceptors (Lipinski definition) is 2. The maximum absolute atomic E-state index is 9.19. The number of rotatable bonds is 7. The zero-order valence-electron chi connectivity index (χ0n) is 26.9. The Morgan fingerprint density at radius 3 is 1.53 bits per heavy atom. The minimum absolute atomic E-state index is 0.494. The molecular weight excluding hydrogens is 597 g/mol. The van der Waals surface area contributed by atoms with Gasteiger partial charge in [-0.1, -0.05) is 146 Å². The van der Waals surface area contributed by atoms with Gasteiger partial charge in [0.2, 0.25) is 0 Å². The molecule has 0 heterocycles. The van der Waals surface area contributed by atoms with E-state index in [1.165, 1.54) is 10.8 Å². The average Bonchev–Trinajstić information content (AvgIpc) is 3.18. The maximum Gasteiger partial charge on any atom is 0.161 e. The number of hydrogen-bond donors (Lipinski definition) is 0. The number of benzene rings is 7. The van der Waals surface area contributed by atoms with E-state index in [2.05, 4.69) is 115 Å². The van der Waals surface area contributed by atoms with Crippen LogP contribution in [0, 0.1) is 11.3 Å². The predicted octanol–water partition coefficient (Wildman–Crippen LogP) is 10.8. The molecule has 4 heteroatoms. The third-order valence-electron chi connectivity index (χ3n) is 8.53. The lowest BCUT2D eigenvalue weighted by Gasteiger charge is -2.14. The highest BCUT2D eigenvalue weighted by Crippen LogP contribution is 2.37. The van der Waals surface area contributed by atoms with Gasteiger partial charge in [0.1, 0.15) is 0 Å². The van der Waals surface area contributed by atoms with Crippen molar-refractivity contribution in [3.05, 3.63) is 192 Å². The van der Waals surface area contributed by atoms with Crippen molar-refractivity contribution in [2.24, 2.45) is 15.0 Å². The van der Waals surface area contributed by atoms with Gasteiger partial charge in [0.05, 0.1) is 18.2 Å². The third kappa shape index (κ3) is 7.02. The molecule has 0 aliphatic rings. The Morgan fingerprint density at radius 1 is 0.510 bits per heavy atom. The number of nitriles is 1. The Bertz CT molecular complexity index is 2330. The first-order chi connectivity index (χ1) is 24.2. The van der Waals surface area contributed by atoms with Gasteiger partial charge in [-0.15, -0.1) is 0 Å². The van der Waals surface area contributed by atoms with E-state index in [4.69, 9.17) is 9.98 Å². The van der Waals surface area contributed by atoms with E-state index in [0.29, 0.717) is 23.8 Å². The molecule has 49 heavy (non-hydrogen) atoms. The normalized spacial score (nSPS) is 11.7. The molecule has 4 nitrogen and oxygen atoms in total. The standard InChI is InChI=1S/C45H32N4/c1-47-44(38-12-6-3-7-13-38)49-45(48-31-33-10-4-2-5-11-33)39-26-24-37(25-27-39)43-29-41-15-9-8-14-40(41)28-42(43)36-22-20-35(21-23-36)34-18-16-32(30-46)17-19-34/h2-29H,1,31H2. The van der Waals surface area contributed by atoms with E-state index in [1.807, 2.05) is 72.8 Å². The number of amidine groups is 2. The molecule has 0 N–H and O–H groups in total. The molecule has 0 bridgehead atoms. The molecule has 232 valence electrons. The van der Waals surface area contributed by atoms with Gasteiger partial charge >= 0.3 is 0 Å². The van der Waals surface area contributed by atoms with E-state index in [-0.39, 0.29) is 0 Å². The van der Waals surface area contributed by atoms with Crippen LogP contribution in [-0.2, 0) is 6.54 Å². The van der Waals surface area contributed by atoms with Crippen molar-refractivity contribution in [1.82, 2.24) is 0 Å². The molecule has 0 aromatic heterocycles. The fraction of sp³-hybridized carbons (Fsp3) is 0.0222. The van der Waals surface area contributed by atoms with Crippen LogP contribution in [0.2, 0.25) is 0 Å². The molecule has 0 aliphatic carbocycles. The molecule has 0 spiro atoms. The first kappa shape index (κ1) is 30.9. The summed E-state index contributed by atoms with van der Waals surface area (Å²) < 4.78 is 0. The SMILES string of the molecule is C=NC(=NC(=NCc1ccccc1)c1ccc(-c2cc3ccccc3cc2-c2ccc(-c3ccc(C#N)cc3)cc2)cc1)c1ccccc1. The van der Waals surface area contributed by atoms with E-state index in [0.717, 1.165) is 50.1 Å². The molecule has 0 unspecified atom stereocenters. The highest BCUT2D eigenvalue weighted by molar-refractivity contribution is 6.12. The summed E-state index contributed by atoms with van der Waals surface area (Å²) in [6.07, 6.45) is 0. The van der Waals surface area contributed by atoms with Gasteiger partial charge in [-0.25, -0.2) is 9.98 Å². The van der Waals surface area contributed by atoms with Crippen LogP contribution in [-0.4, -0.2) is 18.4 Å². The monoisotopic (exact) mass is 628 g/mol. The maximum atomic E-state index is 9.19. The molecule has 0 atom stereocenters. The quantitative estimate of drug-likeness (QED) is 0.128. The molecule has 7 aromatic rings. The van der Waals surface area contributed by atoms with Crippen molar-refractivity contribution in [3.63, 3.8) is 0 Å². The van der Waals surface area contributed by atoms with Crippen molar-refractivity contribution < 1.29 is 0 Å². The van der Waals surface area contributed by atoms with Gasteiger partial charge in [0, 0.05) is 11.1 Å². The minimum atomic E-state index is 0.494. The van der Waals surface area contributed by atoms with Crippen molar-refractivity contribution >= 4 is 29.2 Å². The van der Waals surface area contributed by atoms with Crippen LogP contribution in [0.3, 0.4) is 0 Å². The Kier molecular flexibility index (Phi) is 9.08. The molecule has 7 rings (SSSR count). The van der Waals surface area contributed by atoms with Crippen molar-refractivity contribution in [3.8, 4) is 39.4 Å². The van der Waals surface area contributed by atoms with Crippen LogP contribution in [0.1, 0.15) is 22.3 Å². The van der Waals surface area contributed by atoms with Crippen molar-refractivity contribution in [2.45, 2.75) is 6.54 Å². The van der Waals surface area contributed by atoms with Crippen LogP contribution in [0.25, 0.3) is 44.2 Å². The Hall–Kier alpha value is -6.70. The average molecular weight is 629 g/mol. The molecule has 0 saturated carbocycles. The summed E-state index contributed by atoms with van der Waals surface area (Å²) in [6.45, 7) is 4.30. The molecule has 0 amide bonds. The van der Waals surface area contributed by atoms with Gasteiger partial charge in [0.15, 0.2) is 11.7 Å². The lowest BCUT2D eigenvalue weighted by molar-refractivity contribution is 1.06. The predicted molar refractivity (Wildman–Crippen MR) is 204 cm³/mol. The molecular formula is C45H32N4. The highest BCUT2D eigenvalue weighted by atomic mass is 15.0. The molecule has 0 radical (unpaired) electrons. The second-order valence-corrected chi connectivity index (χ2v) is 11.7. The summed E-state index contributed by atoms with van der Waals surface area (Å²) in [6, 6.07) is 60.0. The van der Waals surface area contributed by atoms with Crippen LogP contribution in [0.5, 0.6) is 0 Å². The van der Waals surface area contributed by atoms with E-state index in [1.54, 1.807) is 0 Å². The zero-order chi connectivity index (χ0) is 33.4. The Balaban J connectivity index is 1.28. The van der Waals surface area contributed by atoms with Gasteiger partial charge < -0.3 is 0 Å². The number of aliphatic imine (C=N–C) groups is 3. The van der Waals surface area contributed by atoms with Crippen LogP contribution >= 0.6 is 0 Å². The second-order valence-electron chi connectivity index (χ2n) is 11.7. The summed E-state index contributed by atoms with van der Waals surface area (Å²) >= 11 is 0.